The smallest absolute Gasteiger partial charge is 0.309 e. The second kappa shape index (κ2) is 7.64. The van der Waals surface area contributed by atoms with Gasteiger partial charge in [-0.1, -0.05) is 22.0 Å². The Morgan fingerprint density at radius 3 is 2.56 bits per heavy atom. The fourth-order valence-corrected chi connectivity index (χ4v) is 5.09. The summed E-state index contributed by atoms with van der Waals surface area (Å²) in [5.41, 5.74) is 0.835. The normalized spacial score (nSPS) is 23.3. The molecule has 2 aromatic rings. The van der Waals surface area contributed by atoms with Crippen molar-refractivity contribution in [2.45, 2.75) is 64.6 Å². The van der Waals surface area contributed by atoms with E-state index in [1.54, 1.807) is 0 Å². The van der Waals surface area contributed by atoms with E-state index in [9.17, 15) is 9.90 Å². The Balaban J connectivity index is 1.71. The average molecular weight is 452 g/mol. The number of aromatic nitrogens is 1. The van der Waals surface area contributed by atoms with E-state index in [4.69, 9.17) is 4.74 Å². The first-order valence-corrected chi connectivity index (χ1v) is 10.9. The van der Waals surface area contributed by atoms with E-state index in [1.165, 1.54) is 16.9 Å². The molecule has 1 aliphatic carbocycles. The Bertz CT molecular complexity index is 812. The summed E-state index contributed by atoms with van der Waals surface area (Å²) in [6, 6.07) is 6.25. The molecule has 0 radical (unpaired) electrons. The molecule has 1 fully saturated rings. The molecule has 27 heavy (non-hydrogen) atoms. The first-order chi connectivity index (χ1) is 12.6. The predicted molar refractivity (Wildman–Crippen MR) is 112 cm³/mol. The standard InChI is InChI=1S/C21H26BrNO3S/c1-13-9-15(11-16(22)10-13)17-12-23-19(27-17)21(25)7-5-14(6-8-21)18(24)26-20(2,3)4/h9-12,14,25H,5-8H2,1-4H3/t14-,21-. The number of aliphatic hydroxyl groups is 1. The van der Waals surface area contributed by atoms with Crippen molar-refractivity contribution in [1.82, 2.24) is 4.98 Å². The fourth-order valence-electron chi connectivity index (χ4n) is 3.43. The van der Waals surface area contributed by atoms with Crippen LogP contribution in [0.5, 0.6) is 0 Å². The van der Waals surface area contributed by atoms with Crippen molar-refractivity contribution in [3.8, 4) is 10.4 Å². The summed E-state index contributed by atoms with van der Waals surface area (Å²) in [6.45, 7) is 7.70. The number of hydrogen-bond acceptors (Lipinski definition) is 5. The number of aryl methyl sites for hydroxylation is 1. The molecule has 146 valence electrons. The maximum absolute atomic E-state index is 12.3. The summed E-state index contributed by atoms with van der Waals surface area (Å²) in [4.78, 5) is 17.8. The topological polar surface area (TPSA) is 59.4 Å². The lowest BCUT2D eigenvalue weighted by atomic mass is 9.79. The van der Waals surface area contributed by atoms with E-state index in [-0.39, 0.29) is 11.9 Å². The molecule has 0 atom stereocenters. The lowest BCUT2D eigenvalue weighted by Crippen LogP contribution is -2.36. The number of carbonyl (C=O) groups excluding carboxylic acids is 1. The van der Waals surface area contributed by atoms with Crippen LogP contribution in [-0.4, -0.2) is 21.7 Å². The van der Waals surface area contributed by atoms with Crippen molar-refractivity contribution in [3.63, 3.8) is 0 Å². The van der Waals surface area contributed by atoms with Gasteiger partial charge >= 0.3 is 5.97 Å². The SMILES string of the molecule is Cc1cc(Br)cc(-c2cnc([C@]3(O)CC[C@H](C(=O)OC(C)(C)C)CC3)s2)c1. The predicted octanol–water partition coefficient (Wildman–Crippen LogP) is 5.60. The van der Waals surface area contributed by atoms with Gasteiger partial charge < -0.3 is 9.84 Å². The Labute approximate surface area is 173 Å². The van der Waals surface area contributed by atoms with Crippen LogP contribution in [0.3, 0.4) is 0 Å². The number of esters is 1. The average Bonchev–Trinajstić information content (AvgIpc) is 3.03. The molecule has 1 heterocycles. The summed E-state index contributed by atoms with van der Waals surface area (Å²) in [5.74, 6) is -0.300. The van der Waals surface area contributed by atoms with Crippen LogP contribution < -0.4 is 0 Å². The van der Waals surface area contributed by atoms with Crippen molar-refractivity contribution >= 4 is 33.2 Å². The number of ether oxygens (including phenoxy) is 1. The summed E-state index contributed by atoms with van der Waals surface area (Å²) in [5, 5.41) is 11.9. The molecule has 1 aromatic carbocycles. The van der Waals surface area contributed by atoms with Gasteiger partial charge in [0.15, 0.2) is 0 Å². The minimum absolute atomic E-state index is 0.142. The molecule has 3 rings (SSSR count). The van der Waals surface area contributed by atoms with Crippen molar-refractivity contribution < 1.29 is 14.6 Å². The Morgan fingerprint density at radius 2 is 1.96 bits per heavy atom. The summed E-state index contributed by atoms with van der Waals surface area (Å²) in [7, 11) is 0. The minimum Gasteiger partial charge on any atom is -0.460 e. The highest BCUT2D eigenvalue weighted by molar-refractivity contribution is 9.10. The van der Waals surface area contributed by atoms with Crippen LogP contribution in [-0.2, 0) is 15.1 Å². The van der Waals surface area contributed by atoms with Crippen LogP contribution >= 0.6 is 27.3 Å². The molecule has 1 saturated carbocycles. The van der Waals surface area contributed by atoms with Crippen molar-refractivity contribution in [2.75, 3.05) is 0 Å². The van der Waals surface area contributed by atoms with Crippen LogP contribution in [0.4, 0.5) is 0 Å². The van der Waals surface area contributed by atoms with Gasteiger partial charge in [0.05, 0.1) is 10.8 Å². The number of nitrogens with zero attached hydrogens (tertiary/aromatic N) is 1. The summed E-state index contributed by atoms with van der Waals surface area (Å²) >= 11 is 5.07. The molecule has 6 heteroatoms. The van der Waals surface area contributed by atoms with Gasteiger partial charge in [0.2, 0.25) is 0 Å². The van der Waals surface area contributed by atoms with Gasteiger partial charge in [-0.15, -0.1) is 11.3 Å². The first kappa shape index (κ1) is 20.5. The monoisotopic (exact) mass is 451 g/mol. The molecular weight excluding hydrogens is 426 g/mol. The zero-order valence-corrected chi connectivity index (χ0v) is 18.6. The van der Waals surface area contributed by atoms with Gasteiger partial charge in [0, 0.05) is 10.7 Å². The Hall–Kier alpha value is -1.24. The third-order valence-corrected chi connectivity index (χ3v) is 6.48. The highest BCUT2D eigenvalue weighted by Gasteiger charge is 2.40. The van der Waals surface area contributed by atoms with E-state index in [0.717, 1.165) is 19.9 Å². The molecule has 0 saturated heterocycles. The molecule has 1 aliphatic rings. The molecule has 0 amide bonds. The number of benzene rings is 1. The molecule has 0 spiro atoms. The van der Waals surface area contributed by atoms with Crippen LogP contribution in [0.1, 0.15) is 57.0 Å². The number of carbonyl (C=O) groups is 1. The van der Waals surface area contributed by atoms with Crippen molar-refractivity contribution in [1.29, 1.82) is 0 Å². The second-order valence-corrected chi connectivity index (χ2v) is 10.3. The van der Waals surface area contributed by atoms with Gasteiger partial charge in [-0.05, 0) is 76.6 Å². The van der Waals surface area contributed by atoms with Gasteiger partial charge in [-0.2, -0.15) is 0 Å². The van der Waals surface area contributed by atoms with Crippen LogP contribution in [0.15, 0.2) is 28.9 Å². The third-order valence-electron chi connectivity index (χ3n) is 4.78. The molecule has 1 aromatic heterocycles. The number of hydrogen-bond donors (Lipinski definition) is 1. The zero-order valence-electron chi connectivity index (χ0n) is 16.2. The van der Waals surface area contributed by atoms with E-state index >= 15 is 0 Å². The molecular formula is C21H26BrNO3S. The number of halogens is 1. The minimum atomic E-state index is -0.956. The molecule has 0 aliphatic heterocycles. The number of rotatable bonds is 3. The Morgan fingerprint density at radius 1 is 1.30 bits per heavy atom. The van der Waals surface area contributed by atoms with Gasteiger partial charge in [0.25, 0.3) is 0 Å². The summed E-state index contributed by atoms with van der Waals surface area (Å²) < 4.78 is 6.53. The van der Waals surface area contributed by atoms with Crippen LogP contribution in [0.2, 0.25) is 0 Å². The van der Waals surface area contributed by atoms with E-state index < -0.39 is 11.2 Å². The first-order valence-electron chi connectivity index (χ1n) is 9.25. The largest absolute Gasteiger partial charge is 0.460 e. The highest BCUT2D eigenvalue weighted by Crippen LogP contribution is 2.43. The maximum atomic E-state index is 12.3. The van der Waals surface area contributed by atoms with Gasteiger partial charge in [-0.25, -0.2) is 4.98 Å². The molecule has 4 nitrogen and oxygen atoms in total. The molecule has 1 N–H and O–H groups in total. The van der Waals surface area contributed by atoms with Crippen molar-refractivity contribution in [3.05, 3.63) is 39.4 Å². The maximum Gasteiger partial charge on any atom is 0.309 e. The lowest BCUT2D eigenvalue weighted by Gasteiger charge is -2.34. The fraction of sp³-hybridized carbons (Fsp3) is 0.524. The van der Waals surface area contributed by atoms with Crippen molar-refractivity contribution in [2.24, 2.45) is 5.92 Å². The quantitative estimate of drug-likeness (QED) is 0.616. The van der Waals surface area contributed by atoms with E-state index in [2.05, 4.69) is 46.0 Å². The molecule has 0 bridgehead atoms. The van der Waals surface area contributed by atoms with Gasteiger partial charge in [-0.3, -0.25) is 4.79 Å². The zero-order chi connectivity index (χ0) is 19.8. The van der Waals surface area contributed by atoms with Crippen LogP contribution in [0, 0.1) is 12.8 Å². The second-order valence-electron chi connectivity index (χ2n) is 8.39. The third kappa shape index (κ3) is 4.98. The number of thiazole rings is 1. The Kier molecular flexibility index (Phi) is 5.80. The highest BCUT2D eigenvalue weighted by atomic mass is 79.9. The van der Waals surface area contributed by atoms with E-state index in [1.807, 2.05) is 27.0 Å². The summed E-state index contributed by atoms with van der Waals surface area (Å²) in [6.07, 6.45) is 4.13. The lowest BCUT2D eigenvalue weighted by molar-refractivity contribution is -0.163. The van der Waals surface area contributed by atoms with Crippen LogP contribution in [0.25, 0.3) is 10.4 Å². The van der Waals surface area contributed by atoms with E-state index in [0.29, 0.717) is 25.7 Å². The molecule has 0 unspecified atom stereocenters. The van der Waals surface area contributed by atoms with Gasteiger partial charge in [0.1, 0.15) is 16.2 Å².